The predicted octanol–water partition coefficient (Wildman–Crippen LogP) is 2.31. The van der Waals surface area contributed by atoms with Gasteiger partial charge in [0.1, 0.15) is 4.99 Å². The minimum Gasteiger partial charge on any atom is -0.389 e. The maximum atomic E-state index is 5.40. The fraction of sp³-hybridized carbons (Fsp3) is 0.167. The Morgan fingerprint density at radius 2 is 2.30 bits per heavy atom. The summed E-state index contributed by atoms with van der Waals surface area (Å²) in [7, 11) is 0. The molecule has 0 aromatic carbocycles. The van der Waals surface area contributed by atoms with Crippen LogP contribution < -0.4 is 5.73 Å². The molecule has 0 aliphatic heterocycles. The number of thiocarbonyl (C=S) groups is 1. The first kappa shape index (κ1) is 10.3. The molecule has 0 spiro atoms. The van der Waals surface area contributed by atoms with Crippen molar-refractivity contribution < 1.29 is 0 Å². The van der Waals surface area contributed by atoms with Crippen molar-refractivity contribution in [2.75, 3.05) is 0 Å². The number of nitrogens with two attached hydrogens (primary N) is 1. The summed E-state index contributed by atoms with van der Waals surface area (Å²) < 4.78 is 0. The molecule has 1 aromatic heterocycles. The van der Waals surface area contributed by atoms with E-state index < -0.39 is 0 Å². The lowest BCUT2D eigenvalue weighted by molar-refractivity contribution is 1.53. The van der Waals surface area contributed by atoms with Crippen LogP contribution in [0.4, 0.5) is 0 Å². The van der Waals surface area contributed by atoms with E-state index in [2.05, 4.69) is 0 Å². The topological polar surface area (TPSA) is 26.0 Å². The summed E-state index contributed by atoms with van der Waals surface area (Å²) in [6, 6.07) is 2.01. The van der Waals surface area contributed by atoms with E-state index in [4.69, 9.17) is 18.0 Å². The molecule has 0 unspecified atom stereocenters. The summed E-state index contributed by atoms with van der Waals surface area (Å²) in [6.07, 6.45) is 0. The van der Waals surface area contributed by atoms with Gasteiger partial charge in [0.15, 0.2) is 0 Å². The van der Waals surface area contributed by atoms with Crippen LogP contribution in [-0.2, 0) is 0 Å². The molecule has 4 heteroatoms. The minimum absolute atomic E-state index is 0. The standard InChI is InChI=1S/C6H7NS2.HI/c1-4-2-3-9-5(4)6(7)8;/h2-3H,1H3,(H2,7,8);1H. The van der Waals surface area contributed by atoms with E-state index in [1.807, 2.05) is 18.4 Å². The summed E-state index contributed by atoms with van der Waals surface area (Å²) >= 11 is 6.38. The van der Waals surface area contributed by atoms with Gasteiger partial charge in [-0.25, -0.2) is 0 Å². The third kappa shape index (κ3) is 2.17. The lowest BCUT2D eigenvalue weighted by Gasteiger charge is -1.91. The Hall–Kier alpha value is 0.320. The summed E-state index contributed by atoms with van der Waals surface area (Å²) in [6.45, 7) is 2.00. The molecule has 0 radical (unpaired) electrons. The third-order valence-corrected chi connectivity index (χ3v) is 2.47. The van der Waals surface area contributed by atoms with Crippen molar-refractivity contribution in [1.82, 2.24) is 0 Å². The highest BCUT2D eigenvalue weighted by Gasteiger charge is 1.99. The van der Waals surface area contributed by atoms with Crippen molar-refractivity contribution in [3.8, 4) is 0 Å². The molecule has 0 aliphatic rings. The fourth-order valence-corrected chi connectivity index (χ4v) is 1.71. The van der Waals surface area contributed by atoms with Crippen LogP contribution in [0.2, 0.25) is 0 Å². The van der Waals surface area contributed by atoms with Gasteiger partial charge in [0.2, 0.25) is 0 Å². The van der Waals surface area contributed by atoms with Crippen LogP contribution in [0.5, 0.6) is 0 Å². The summed E-state index contributed by atoms with van der Waals surface area (Å²) in [5.74, 6) is 0. The van der Waals surface area contributed by atoms with Gasteiger partial charge in [-0.3, -0.25) is 0 Å². The molecule has 0 saturated carbocycles. The molecule has 0 aliphatic carbocycles. The van der Waals surface area contributed by atoms with Crippen molar-refractivity contribution in [3.63, 3.8) is 0 Å². The monoisotopic (exact) mass is 285 g/mol. The van der Waals surface area contributed by atoms with E-state index in [0.29, 0.717) is 4.99 Å². The van der Waals surface area contributed by atoms with Gasteiger partial charge in [0.25, 0.3) is 0 Å². The van der Waals surface area contributed by atoms with Gasteiger partial charge in [-0.05, 0) is 23.9 Å². The molecule has 1 rings (SSSR count). The minimum atomic E-state index is 0. The molecule has 56 valence electrons. The number of thiophene rings is 1. The molecule has 0 fully saturated rings. The van der Waals surface area contributed by atoms with Gasteiger partial charge in [-0.2, -0.15) is 0 Å². The van der Waals surface area contributed by atoms with Crippen LogP contribution in [0.25, 0.3) is 0 Å². The number of halogens is 1. The Balaban J connectivity index is 0.000000810. The summed E-state index contributed by atoms with van der Waals surface area (Å²) in [5, 5.41) is 1.99. The SMILES string of the molecule is Cc1ccsc1C(N)=S.I. The molecule has 0 bridgehead atoms. The first-order chi connectivity index (χ1) is 4.22. The second-order valence-corrected chi connectivity index (χ2v) is 3.15. The van der Waals surface area contributed by atoms with Crippen LogP contribution in [-0.4, -0.2) is 4.99 Å². The maximum Gasteiger partial charge on any atom is 0.114 e. The quantitative estimate of drug-likeness (QED) is 0.633. The lowest BCUT2D eigenvalue weighted by atomic mass is 10.3. The molecule has 10 heavy (non-hydrogen) atoms. The number of aryl methyl sites for hydroxylation is 1. The van der Waals surface area contributed by atoms with Gasteiger partial charge < -0.3 is 5.73 Å². The average molecular weight is 285 g/mol. The summed E-state index contributed by atoms with van der Waals surface area (Å²) in [5.41, 5.74) is 6.57. The van der Waals surface area contributed by atoms with Gasteiger partial charge in [0.05, 0.1) is 4.88 Å². The van der Waals surface area contributed by atoms with Gasteiger partial charge in [-0.1, -0.05) is 12.2 Å². The number of hydrogen-bond donors (Lipinski definition) is 1. The van der Waals surface area contributed by atoms with Crippen molar-refractivity contribution in [3.05, 3.63) is 21.9 Å². The average Bonchev–Trinajstić information content (AvgIpc) is 2.13. The second-order valence-electron chi connectivity index (χ2n) is 1.80. The maximum absolute atomic E-state index is 5.40. The highest BCUT2D eigenvalue weighted by Crippen LogP contribution is 2.14. The molecule has 0 amide bonds. The van der Waals surface area contributed by atoms with Crippen LogP contribution in [0, 0.1) is 6.92 Å². The third-order valence-electron chi connectivity index (χ3n) is 1.09. The van der Waals surface area contributed by atoms with Crippen LogP contribution in [0.15, 0.2) is 11.4 Å². The molecule has 0 atom stereocenters. The van der Waals surface area contributed by atoms with E-state index in [1.54, 1.807) is 11.3 Å². The largest absolute Gasteiger partial charge is 0.389 e. The lowest BCUT2D eigenvalue weighted by Crippen LogP contribution is -2.07. The Labute approximate surface area is 86.6 Å². The highest BCUT2D eigenvalue weighted by atomic mass is 127. The van der Waals surface area contributed by atoms with Crippen molar-refractivity contribution in [2.24, 2.45) is 5.73 Å². The number of hydrogen-bond acceptors (Lipinski definition) is 2. The van der Waals surface area contributed by atoms with Crippen molar-refractivity contribution in [2.45, 2.75) is 6.92 Å². The Kier molecular flexibility index (Phi) is 4.39. The molecule has 1 aromatic rings. The number of rotatable bonds is 1. The van der Waals surface area contributed by atoms with Gasteiger partial charge in [-0.15, -0.1) is 35.3 Å². The zero-order valence-electron chi connectivity index (χ0n) is 5.46. The van der Waals surface area contributed by atoms with Crippen molar-refractivity contribution >= 4 is 52.5 Å². The van der Waals surface area contributed by atoms with E-state index >= 15 is 0 Å². The van der Waals surface area contributed by atoms with E-state index in [0.717, 1.165) is 4.88 Å². The zero-order chi connectivity index (χ0) is 6.85. The first-order valence-electron chi connectivity index (χ1n) is 2.55. The smallest absolute Gasteiger partial charge is 0.114 e. The van der Waals surface area contributed by atoms with Crippen LogP contribution >= 0.6 is 47.5 Å². The molecule has 1 heterocycles. The van der Waals surface area contributed by atoms with Crippen LogP contribution in [0.3, 0.4) is 0 Å². The highest BCUT2D eigenvalue weighted by molar-refractivity contribution is 14.0. The van der Waals surface area contributed by atoms with E-state index in [-0.39, 0.29) is 24.0 Å². The van der Waals surface area contributed by atoms with Gasteiger partial charge in [0, 0.05) is 0 Å². The Morgan fingerprint density at radius 1 is 1.70 bits per heavy atom. The van der Waals surface area contributed by atoms with Crippen LogP contribution in [0.1, 0.15) is 10.4 Å². The van der Waals surface area contributed by atoms with Crippen molar-refractivity contribution in [1.29, 1.82) is 0 Å². The van der Waals surface area contributed by atoms with E-state index in [1.165, 1.54) is 5.56 Å². The molecular formula is C6H8INS2. The zero-order valence-corrected chi connectivity index (χ0v) is 9.42. The molecule has 2 N–H and O–H groups in total. The predicted molar refractivity (Wildman–Crippen MR) is 60.4 cm³/mol. The normalized spacial score (nSPS) is 8.50. The Bertz CT molecular complexity index is 231. The second kappa shape index (κ2) is 4.25. The fourth-order valence-electron chi connectivity index (χ4n) is 0.625. The molecular weight excluding hydrogens is 277 g/mol. The van der Waals surface area contributed by atoms with Gasteiger partial charge >= 0.3 is 0 Å². The molecule has 1 nitrogen and oxygen atoms in total. The summed E-state index contributed by atoms with van der Waals surface area (Å²) in [4.78, 5) is 1.53. The Morgan fingerprint density at radius 3 is 2.50 bits per heavy atom. The molecule has 0 saturated heterocycles. The van der Waals surface area contributed by atoms with E-state index in [9.17, 15) is 0 Å². The first-order valence-corrected chi connectivity index (χ1v) is 3.84.